The third-order valence-electron chi connectivity index (χ3n) is 6.93. The molecule has 2 aromatic rings. The zero-order chi connectivity index (χ0) is 30.4. The molecule has 1 N–H and O–H groups in total. The van der Waals surface area contributed by atoms with E-state index in [1.165, 1.54) is 23.5 Å². The largest absolute Gasteiger partial charge is 0.465 e. The fraction of sp³-hybridized carbons (Fsp3) is 0.481. The zero-order valence-corrected chi connectivity index (χ0v) is 25.2. The summed E-state index contributed by atoms with van der Waals surface area (Å²) in [4.78, 5) is 48.7. The number of nitrogens with zero attached hydrogens (tertiary/aromatic N) is 4. The summed E-state index contributed by atoms with van der Waals surface area (Å²) in [5, 5.41) is 17.4. The number of benzene rings is 1. The number of rotatable bonds is 11. The molecule has 226 valence electrons. The molecule has 1 fully saturated rings. The summed E-state index contributed by atoms with van der Waals surface area (Å²) in [7, 11) is -3.15. The molecule has 3 heterocycles. The number of para-hydroxylation sites is 1. The molecule has 0 radical (unpaired) electrons. The van der Waals surface area contributed by atoms with E-state index >= 15 is 0 Å². The normalized spacial score (nSPS) is 19.4. The monoisotopic (exact) mass is 619 g/mol. The average Bonchev–Trinajstić information content (AvgIpc) is 3.44. The van der Waals surface area contributed by atoms with Crippen LogP contribution in [0.15, 0.2) is 45.9 Å². The highest BCUT2D eigenvalue weighted by atomic mass is 32.2. The van der Waals surface area contributed by atoms with E-state index in [0.29, 0.717) is 22.8 Å². The van der Waals surface area contributed by atoms with Gasteiger partial charge < -0.3 is 14.8 Å². The predicted octanol–water partition coefficient (Wildman–Crippen LogP) is 2.75. The van der Waals surface area contributed by atoms with Crippen molar-refractivity contribution >= 4 is 44.6 Å². The topological polar surface area (TPSA) is 170 Å². The maximum atomic E-state index is 13.4. The third-order valence-corrected chi connectivity index (χ3v) is 9.41. The summed E-state index contributed by atoms with van der Waals surface area (Å²) < 4.78 is 34.7. The Bertz CT molecular complexity index is 1500. The smallest absolute Gasteiger partial charge is 0.338 e. The molecule has 13 nitrogen and oxygen atoms in total. The van der Waals surface area contributed by atoms with Gasteiger partial charge in [0.15, 0.2) is 20.7 Å². The van der Waals surface area contributed by atoms with E-state index in [9.17, 15) is 28.1 Å². The molecule has 1 aromatic carbocycles. The molecular weight excluding hydrogens is 586 g/mol. The molecule has 0 aliphatic carbocycles. The molecule has 42 heavy (non-hydrogen) atoms. The second-order valence-corrected chi connectivity index (χ2v) is 12.8. The van der Waals surface area contributed by atoms with Crippen molar-refractivity contribution in [1.82, 2.24) is 15.2 Å². The van der Waals surface area contributed by atoms with Crippen LogP contribution in [-0.2, 0) is 28.9 Å². The van der Waals surface area contributed by atoms with Crippen LogP contribution in [0.4, 0.5) is 5.69 Å². The lowest BCUT2D eigenvalue weighted by molar-refractivity contribution is -0.385. The standard InChI is InChI=1S/C27H33N5O8S2/c1-4-17(26(33)39-5-2)20-16-41-25(29-20)24-28-19(15-31-11-13-42(37,38)14-12-31)22(27(34)40-6-3)23(30-24)18-9-7-8-10-21(18)32(35)36/h7-10,16-17,23H,4-6,11-15H2,1-3H3,(H,28,30). The van der Waals surface area contributed by atoms with Crippen LogP contribution in [0.1, 0.15) is 55.4 Å². The highest BCUT2D eigenvalue weighted by molar-refractivity contribution is 7.91. The van der Waals surface area contributed by atoms with Crippen LogP contribution in [0, 0.1) is 10.1 Å². The molecule has 0 amide bonds. The van der Waals surface area contributed by atoms with Crippen molar-refractivity contribution in [1.29, 1.82) is 0 Å². The fourth-order valence-corrected chi connectivity index (χ4v) is 6.91. The lowest BCUT2D eigenvalue weighted by Crippen LogP contribution is -2.45. The summed E-state index contributed by atoms with van der Waals surface area (Å²) in [6, 6.07) is 4.94. The van der Waals surface area contributed by atoms with Crippen LogP contribution >= 0.6 is 11.3 Å². The van der Waals surface area contributed by atoms with Crippen molar-refractivity contribution in [2.45, 2.75) is 39.2 Å². The van der Waals surface area contributed by atoms with E-state index in [1.54, 1.807) is 31.4 Å². The molecule has 1 aromatic heterocycles. The van der Waals surface area contributed by atoms with Crippen LogP contribution in [0.3, 0.4) is 0 Å². The first-order valence-corrected chi connectivity index (χ1v) is 16.3. The number of amidine groups is 1. The Hall–Kier alpha value is -3.69. The number of sulfone groups is 1. The predicted molar refractivity (Wildman–Crippen MR) is 156 cm³/mol. The van der Waals surface area contributed by atoms with Gasteiger partial charge in [0.05, 0.1) is 52.4 Å². The minimum atomic E-state index is -3.15. The first-order valence-electron chi connectivity index (χ1n) is 13.6. The van der Waals surface area contributed by atoms with Gasteiger partial charge in [0.2, 0.25) is 0 Å². The number of carbonyl (C=O) groups excluding carboxylic acids is 2. The second-order valence-electron chi connectivity index (χ2n) is 9.65. The summed E-state index contributed by atoms with van der Waals surface area (Å²) in [6.07, 6.45) is 0.469. The van der Waals surface area contributed by atoms with Crippen molar-refractivity contribution in [2.75, 3.05) is 44.4 Å². The van der Waals surface area contributed by atoms with Gasteiger partial charge in [-0.1, -0.05) is 19.1 Å². The fourth-order valence-electron chi connectivity index (χ4n) is 4.81. The quantitative estimate of drug-likeness (QED) is 0.223. The Labute approximate surface area is 247 Å². The van der Waals surface area contributed by atoms with Crippen molar-refractivity contribution in [2.24, 2.45) is 4.99 Å². The molecule has 2 unspecified atom stereocenters. The van der Waals surface area contributed by atoms with Crippen LogP contribution in [-0.4, -0.2) is 85.4 Å². The first-order chi connectivity index (χ1) is 20.1. The highest BCUT2D eigenvalue weighted by Crippen LogP contribution is 2.38. The molecule has 0 spiro atoms. The number of hydrogen-bond acceptors (Lipinski definition) is 13. The van der Waals surface area contributed by atoms with E-state index in [0.717, 1.165) is 0 Å². The van der Waals surface area contributed by atoms with E-state index in [4.69, 9.17) is 14.5 Å². The van der Waals surface area contributed by atoms with E-state index < -0.39 is 38.7 Å². The van der Waals surface area contributed by atoms with E-state index in [1.807, 2.05) is 11.8 Å². The molecule has 4 rings (SSSR count). The van der Waals surface area contributed by atoms with Gasteiger partial charge in [0.25, 0.3) is 5.69 Å². The number of esters is 2. The van der Waals surface area contributed by atoms with Crippen molar-refractivity contribution in [3.05, 3.63) is 67.3 Å². The van der Waals surface area contributed by atoms with Gasteiger partial charge in [-0.15, -0.1) is 11.3 Å². The number of aromatic nitrogens is 1. The lowest BCUT2D eigenvalue weighted by atomic mass is 9.94. The Balaban J connectivity index is 1.82. The Morgan fingerprint density at radius 2 is 1.86 bits per heavy atom. The van der Waals surface area contributed by atoms with Crippen LogP contribution in [0.2, 0.25) is 0 Å². The second kappa shape index (κ2) is 13.5. The molecule has 1 saturated heterocycles. The number of aliphatic imine (C=N–C) groups is 1. The minimum absolute atomic E-state index is 0.0222. The van der Waals surface area contributed by atoms with Crippen molar-refractivity contribution < 1.29 is 32.4 Å². The summed E-state index contributed by atoms with van der Waals surface area (Å²) in [6.45, 7) is 6.21. The Morgan fingerprint density at radius 1 is 1.17 bits per heavy atom. The SMILES string of the molecule is CCOC(=O)C1=C(CN2CCS(=O)(=O)CC2)NC(c2nc(C(CC)C(=O)OCC)cs2)=NC1c1ccccc1[N+](=O)[O-]. The van der Waals surface area contributed by atoms with Crippen molar-refractivity contribution in [3.63, 3.8) is 0 Å². The Morgan fingerprint density at radius 3 is 2.50 bits per heavy atom. The van der Waals surface area contributed by atoms with Crippen LogP contribution in [0.5, 0.6) is 0 Å². The summed E-state index contributed by atoms with van der Waals surface area (Å²) in [5.74, 6) is -1.44. The number of ether oxygens (including phenoxy) is 2. The lowest BCUT2D eigenvalue weighted by Gasteiger charge is -2.32. The summed E-state index contributed by atoms with van der Waals surface area (Å²) >= 11 is 1.23. The Kier molecular flexibility index (Phi) is 10.1. The number of nitro groups is 1. The van der Waals surface area contributed by atoms with E-state index in [-0.39, 0.29) is 67.0 Å². The highest BCUT2D eigenvalue weighted by Gasteiger charge is 2.37. The first kappa shape index (κ1) is 31.3. The summed E-state index contributed by atoms with van der Waals surface area (Å²) in [5.41, 5.74) is 0.961. The number of carbonyl (C=O) groups is 2. The average molecular weight is 620 g/mol. The van der Waals surface area contributed by atoms with Gasteiger partial charge in [-0.3, -0.25) is 24.8 Å². The number of nitro benzene ring substituents is 1. The maximum absolute atomic E-state index is 13.4. The molecule has 2 aliphatic heterocycles. The molecule has 15 heteroatoms. The van der Waals surface area contributed by atoms with Crippen LogP contribution in [0.25, 0.3) is 0 Å². The molecule has 2 atom stereocenters. The van der Waals surface area contributed by atoms with Gasteiger partial charge in [-0.05, 0) is 26.3 Å². The van der Waals surface area contributed by atoms with E-state index in [2.05, 4.69) is 10.3 Å². The van der Waals surface area contributed by atoms with Crippen LogP contribution < -0.4 is 5.32 Å². The van der Waals surface area contributed by atoms with Gasteiger partial charge in [0.1, 0.15) is 6.04 Å². The van der Waals surface area contributed by atoms with Gasteiger partial charge >= 0.3 is 11.9 Å². The molecule has 0 saturated carbocycles. The third kappa shape index (κ3) is 7.02. The van der Waals surface area contributed by atoms with Crippen molar-refractivity contribution in [3.8, 4) is 0 Å². The van der Waals surface area contributed by atoms with Gasteiger partial charge in [0, 0.05) is 36.8 Å². The number of thiazole rings is 1. The maximum Gasteiger partial charge on any atom is 0.338 e. The number of hydrogen-bond donors (Lipinski definition) is 1. The zero-order valence-electron chi connectivity index (χ0n) is 23.6. The molecular formula is C27H33N5O8S2. The molecule has 0 bridgehead atoms. The number of nitrogens with one attached hydrogen (secondary N) is 1. The molecule has 2 aliphatic rings. The minimum Gasteiger partial charge on any atom is -0.465 e. The van der Waals surface area contributed by atoms with Gasteiger partial charge in [-0.2, -0.15) is 0 Å². The van der Waals surface area contributed by atoms with Gasteiger partial charge in [-0.25, -0.2) is 18.2 Å².